The SMILES string of the molecule is Cc1ccn(-c2ccc(CNC3CC3)cc2C(F)(F)F)n1. The Balaban J connectivity index is 1.94. The minimum Gasteiger partial charge on any atom is -0.310 e. The topological polar surface area (TPSA) is 29.9 Å². The maximum absolute atomic E-state index is 13.3. The molecule has 3 nitrogen and oxygen atoms in total. The quantitative estimate of drug-likeness (QED) is 0.936. The van der Waals surface area contributed by atoms with E-state index in [2.05, 4.69) is 10.4 Å². The molecule has 1 aliphatic carbocycles. The lowest BCUT2D eigenvalue weighted by Gasteiger charge is -2.15. The van der Waals surface area contributed by atoms with Gasteiger partial charge in [0, 0.05) is 18.8 Å². The molecular weight excluding hydrogens is 279 g/mol. The summed E-state index contributed by atoms with van der Waals surface area (Å²) in [6, 6.07) is 6.56. The van der Waals surface area contributed by atoms with Gasteiger partial charge >= 0.3 is 6.18 Å². The molecular formula is C15H16F3N3. The van der Waals surface area contributed by atoms with E-state index in [1.807, 2.05) is 0 Å². The Bertz CT molecular complexity index is 642. The molecule has 1 fully saturated rings. The van der Waals surface area contributed by atoms with Gasteiger partial charge < -0.3 is 5.32 Å². The van der Waals surface area contributed by atoms with E-state index in [9.17, 15) is 13.2 Å². The van der Waals surface area contributed by atoms with E-state index in [4.69, 9.17) is 0 Å². The zero-order chi connectivity index (χ0) is 15.0. The van der Waals surface area contributed by atoms with Crippen LogP contribution in [0.25, 0.3) is 5.69 Å². The summed E-state index contributed by atoms with van der Waals surface area (Å²) in [5, 5.41) is 7.30. The molecule has 2 aromatic rings. The van der Waals surface area contributed by atoms with Crippen LogP contribution in [0.1, 0.15) is 29.7 Å². The van der Waals surface area contributed by atoms with Crippen LogP contribution in [0, 0.1) is 6.92 Å². The number of hydrogen-bond donors (Lipinski definition) is 1. The van der Waals surface area contributed by atoms with Gasteiger partial charge in [0.2, 0.25) is 0 Å². The van der Waals surface area contributed by atoms with Crippen molar-refractivity contribution in [3.63, 3.8) is 0 Å². The van der Waals surface area contributed by atoms with Crippen molar-refractivity contribution in [2.75, 3.05) is 0 Å². The summed E-state index contributed by atoms with van der Waals surface area (Å²) in [7, 11) is 0. The Morgan fingerprint density at radius 3 is 2.62 bits per heavy atom. The molecule has 1 aromatic heterocycles. The number of aromatic nitrogens is 2. The maximum atomic E-state index is 13.3. The molecule has 0 unspecified atom stereocenters. The molecule has 1 saturated carbocycles. The molecule has 1 N–H and O–H groups in total. The lowest BCUT2D eigenvalue weighted by molar-refractivity contribution is -0.137. The summed E-state index contributed by atoms with van der Waals surface area (Å²) < 4.78 is 41.1. The molecule has 6 heteroatoms. The molecule has 112 valence electrons. The lowest BCUT2D eigenvalue weighted by Crippen LogP contribution is -2.17. The van der Waals surface area contributed by atoms with Crippen LogP contribution >= 0.6 is 0 Å². The second kappa shape index (κ2) is 5.18. The maximum Gasteiger partial charge on any atom is 0.418 e. The molecule has 3 rings (SSSR count). The van der Waals surface area contributed by atoms with Gasteiger partial charge in [-0.2, -0.15) is 18.3 Å². The number of aryl methyl sites for hydroxylation is 1. The van der Waals surface area contributed by atoms with E-state index in [1.54, 1.807) is 25.3 Å². The first-order valence-electron chi connectivity index (χ1n) is 6.89. The Kier molecular flexibility index (Phi) is 3.49. The highest BCUT2D eigenvalue weighted by Crippen LogP contribution is 2.34. The van der Waals surface area contributed by atoms with Crippen molar-refractivity contribution in [3.05, 3.63) is 47.3 Å². The monoisotopic (exact) mass is 295 g/mol. The fourth-order valence-electron chi connectivity index (χ4n) is 2.22. The van der Waals surface area contributed by atoms with Gasteiger partial charge in [0.25, 0.3) is 0 Å². The Morgan fingerprint density at radius 1 is 1.29 bits per heavy atom. The minimum atomic E-state index is -4.40. The molecule has 0 bridgehead atoms. The van der Waals surface area contributed by atoms with Crippen LogP contribution in [-0.4, -0.2) is 15.8 Å². The average molecular weight is 295 g/mol. The number of alkyl halides is 3. The smallest absolute Gasteiger partial charge is 0.310 e. The van der Waals surface area contributed by atoms with Crippen molar-refractivity contribution in [2.24, 2.45) is 0 Å². The Hall–Kier alpha value is -1.82. The number of halogens is 3. The van der Waals surface area contributed by atoms with E-state index in [-0.39, 0.29) is 5.69 Å². The van der Waals surface area contributed by atoms with Crippen LogP contribution in [0.5, 0.6) is 0 Å². The molecule has 0 spiro atoms. The highest BCUT2D eigenvalue weighted by atomic mass is 19.4. The van der Waals surface area contributed by atoms with Gasteiger partial charge in [0.1, 0.15) is 0 Å². The first kappa shape index (κ1) is 14.1. The average Bonchev–Trinajstić information content (AvgIpc) is 3.16. The molecule has 0 aliphatic heterocycles. The highest BCUT2D eigenvalue weighted by Gasteiger charge is 2.34. The van der Waals surface area contributed by atoms with E-state index >= 15 is 0 Å². The van der Waals surface area contributed by atoms with Crippen LogP contribution in [0.4, 0.5) is 13.2 Å². The number of nitrogens with zero attached hydrogens (tertiary/aromatic N) is 2. The summed E-state index contributed by atoms with van der Waals surface area (Å²) in [6.45, 7) is 2.21. The van der Waals surface area contributed by atoms with Crippen LogP contribution in [0.3, 0.4) is 0 Å². The Morgan fingerprint density at radius 2 is 2.05 bits per heavy atom. The molecule has 21 heavy (non-hydrogen) atoms. The number of nitrogens with one attached hydrogen (secondary N) is 1. The van der Waals surface area contributed by atoms with Crippen molar-refractivity contribution in [1.29, 1.82) is 0 Å². The van der Waals surface area contributed by atoms with Crippen LogP contribution < -0.4 is 5.32 Å². The molecule has 1 aromatic carbocycles. The number of rotatable bonds is 4. The third kappa shape index (κ3) is 3.26. The summed E-state index contributed by atoms with van der Waals surface area (Å²) in [5.74, 6) is 0. The van der Waals surface area contributed by atoms with E-state index in [1.165, 1.54) is 16.8 Å². The van der Waals surface area contributed by atoms with Crippen molar-refractivity contribution >= 4 is 0 Å². The van der Waals surface area contributed by atoms with Gasteiger partial charge in [-0.25, -0.2) is 4.68 Å². The van der Waals surface area contributed by atoms with E-state index in [0.717, 1.165) is 12.8 Å². The van der Waals surface area contributed by atoms with Crippen LogP contribution in [-0.2, 0) is 12.7 Å². The third-order valence-corrected chi connectivity index (χ3v) is 3.51. The molecule has 0 atom stereocenters. The fraction of sp³-hybridized carbons (Fsp3) is 0.400. The van der Waals surface area contributed by atoms with Gasteiger partial charge in [-0.15, -0.1) is 0 Å². The van der Waals surface area contributed by atoms with E-state index in [0.29, 0.717) is 23.8 Å². The highest BCUT2D eigenvalue weighted by molar-refractivity contribution is 5.45. The minimum absolute atomic E-state index is 0.0609. The molecule has 0 radical (unpaired) electrons. The van der Waals surface area contributed by atoms with Gasteiger partial charge in [-0.05, 0) is 43.5 Å². The zero-order valence-corrected chi connectivity index (χ0v) is 11.6. The zero-order valence-electron chi connectivity index (χ0n) is 11.6. The number of hydrogen-bond acceptors (Lipinski definition) is 2. The number of benzene rings is 1. The van der Waals surface area contributed by atoms with Gasteiger partial charge in [-0.3, -0.25) is 0 Å². The third-order valence-electron chi connectivity index (χ3n) is 3.51. The first-order chi connectivity index (χ1) is 9.93. The summed E-state index contributed by atoms with van der Waals surface area (Å²) in [4.78, 5) is 0. The van der Waals surface area contributed by atoms with Crippen molar-refractivity contribution < 1.29 is 13.2 Å². The van der Waals surface area contributed by atoms with Gasteiger partial charge in [0.15, 0.2) is 0 Å². The normalized spacial score (nSPS) is 15.4. The lowest BCUT2D eigenvalue weighted by atomic mass is 10.1. The predicted molar refractivity (Wildman–Crippen MR) is 73.2 cm³/mol. The van der Waals surface area contributed by atoms with Crippen LogP contribution in [0.2, 0.25) is 0 Å². The van der Waals surface area contributed by atoms with Crippen molar-refractivity contribution in [3.8, 4) is 5.69 Å². The standard InChI is InChI=1S/C15H16F3N3/c1-10-6-7-21(20-10)14-5-2-11(9-19-12-3-4-12)8-13(14)15(16,17)18/h2,5-8,12,19H,3-4,9H2,1H3. The van der Waals surface area contributed by atoms with Crippen LogP contribution in [0.15, 0.2) is 30.5 Å². The predicted octanol–water partition coefficient (Wildman–Crippen LogP) is 3.45. The second-order valence-electron chi connectivity index (χ2n) is 5.41. The fourth-order valence-corrected chi connectivity index (χ4v) is 2.22. The molecule has 0 saturated heterocycles. The van der Waals surface area contributed by atoms with E-state index < -0.39 is 11.7 Å². The second-order valence-corrected chi connectivity index (χ2v) is 5.41. The summed E-state index contributed by atoms with van der Waals surface area (Å²) in [5.41, 5.74) is 0.732. The van der Waals surface area contributed by atoms with Gasteiger partial charge in [0.05, 0.1) is 16.9 Å². The Labute approximate surface area is 120 Å². The molecule has 1 heterocycles. The first-order valence-corrected chi connectivity index (χ1v) is 6.89. The summed E-state index contributed by atoms with van der Waals surface area (Å²) >= 11 is 0. The largest absolute Gasteiger partial charge is 0.418 e. The molecule has 0 amide bonds. The molecule has 1 aliphatic rings. The summed E-state index contributed by atoms with van der Waals surface area (Å²) in [6.07, 6.45) is -0.639. The van der Waals surface area contributed by atoms with Crippen molar-refractivity contribution in [1.82, 2.24) is 15.1 Å². The van der Waals surface area contributed by atoms with Crippen molar-refractivity contribution in [2.45, 2.75) is 38.5 Å². The van der Waals surface area contributed by atoms with Gasteiger partial charge in [-0.1, -0.05) is 6.07 Å².